The first-order valence-electron chi connectivity index (χ1n) is 6.69. The van der Waals surface area contributed by atoms with Crippen LogP contribution < -0.4 is 10.2 Å². The van der Waals surface area contributed by atoms with Crippen LogP contribution in [0.2, 0.25) is 0 Å². The van der Waals surface area contributed by atoms with Gasteiger partial charge in [-0.1, -0.05) is 12.8 Å². The summed E-state index contributed by atoms with van der Waals surface area (Å²) < 4.78 is 0. The fourth-order valence-electron chi connectivity index (χ4n) is 2.07. The van der Waals surface area contributed by atoms with Crippen LogP contribution in [0.5, 0.6) is 0 Å². The summed E-state index contributed by atoms with van der Waals surface area (Å²) in [4.78, 5) is 6.48. The van der Waals surface area contributed by atoms with Crippen molar-refractivity contribution < 1.29 is 0 Å². The summed E-state index contributed by atoms with van der Waals surface area (Å²) in [6.45, 7) is 4.71. The molecule has 0 amide bonds. The summed E-state index contributed by atoms with van der Waals surface area (Å²) in [6.07, 6.45) is 13.0. The Balaban J connectivity index is 2.09. The van der Waals surface area contributed by atoms with Gasteiger partial charge in [0.2, 0.25) is 0 Å². The number of nitrogens with one attached hydrogen (secondary N) is 1. The number of pyridine rings is 1. The van der Waals surface area contributed by atoms with Gasteiger partial charge in [-0.3, -0.25) is 4.98 Å². The van der Waals surface area contributed by atoms with Crippen LogP contribution in [0.25, 0.3) is 0 Å². The largest absolute Gasteiger partial charge is 0.360 e. The highest BCUT2D eigenvalue weighted by Gasteiger charge is 2.21. The Morgan fingerprint density at radius 2 is 2.39 bits per heavy atom. The summed E-state index contributed by atoms with van der Waals surface area (Å²) in [5.74, 6) is 2.74. The van der Waals surface area contributed by atoms with Gasteiger partial charge in [0.15, 0.2) is 0 Å². The second-order valence-electron chi connectivity index (χ2n) is 4.79. The lowest BCUT2D eigenvalue weighted by molar-refractivity contribution is 0.682. The number of hydrogen-bond acceptors (Lipinski definition) is 3. The number of anilines is 1. The molecule has 96 valence electrons. The Labute approximate surface area is 110 Å². The number of nitrogens with zero attached hydrogens (tertiary/aromatic N) is 2. The molecule has 3 nitrogen and oxygen atoms in total. The van der Waals surface area contributed by atoms with E-state index in [-0.39, 0.29) is 0 Å². The minimum absolute atomic E-state index is 0.661. The second-order valence-corrected chi connectivity index (χ2v) is 4.79. The van der Waals surface area contributed by atoms with E-state index in [1.54, 1.807) is 0 Å². The van der Waals surface area contributed by atoms with Crippen molar-refractivity contribution in [3.05, 3.63) is 24.0 Å². The lowest BCUT2D eigenvalue weighted by atomic mass is 10.2. The molecule has 1 aliphatic carbocycles. The minimum atomic E-state index is 0.661. The molecule has 1 heterocycles. The van der Waals surface area contributed by atoms with E-state index in [2.05, 4.69) is 34.1 Å². The molecule has 0 radical (unpaired) electrons. The zero-order valence-electron chi connectivity index (χ0n) is 11.0. The average Bonchev–Trinajstić information content (AvgIpc) is 3.21. The zero-order chi connectivity index (χ0) is 12.8. The van der Waals surface area contributed by atoms with Crippen LogP contribution in [0, 0.1) is 12.3 Å². The molecule has 0 aliphatic heterocycles. The maximum atomic E-state index is 5.46. The van der Waals surface area contributed by atoms with E-state index < -0.39 is 0 Å². The quantitative estimate of drug-likeness (QED) is 0.744. The van der Waals surface area contributed by atoms with Crippen LogP contribution in [-0.4, -0.2) is 24.1 Å². The number of hydrogen-bond donors (Lipinski definition) is 1. The normalized spacial score (nSPS) is 14.2. The molecule has 0 unspecified atom stereocenters. The van der Waals surface area contributed by atoms with Crippen LogP contribution in [0.3, 0.4) is 0 Å². The van der Waals surface area contributed by atoms with Crippen molar-refractivity contribution >= 4 is 5.69 Å². The lowest BCUT2D eigenvalue weighted by Gasteiger charge is -2.24. The van der Waals surface area contributed by atoms with Gasteiger partial charge in [-0.15, -0.1) is 6.42 Å². The molecule has 1 aromatic heterocycles. The van der Waals surface area contributed by atoms with E-state index >= 15 is 0 Å². The van der Waals surface area contributed by atoms with Gasteiger partial charge in [-0.2, -0.15) is 0 Å². The molecule has 0 aromatic carbocycles. The number of rotatable bonds is 7. The van der Waals surface area contributed by atoms with Crippen molar-refractivity contribution in [2.75, 3.05) is 18.0 Å². The highest BCUT2D eigenvalue weighted by molar-refractivity contribution is 5.53. The van der Waals surface area contributed by atoms with E-state index in [4.69, 9.17) is 6.42 Å². The Hall–Kier alpha value is -1.53. The Bertz CT molecular complexity index is 418. The van der Waals surface area contributed by atoms with E-state index in [0.29, 0.717) is 12.6 Å². The highest BCUT2D eigenvalue weighted by Crippen LogP contribution is 2.23. The van der Waals surface area contributed by atoms with Crippen molar-refractivity contribution in [2.24, 2.45) is 0 Å². The first kappa shape index (κ1) is 12.9. The number of terminal acetylenes is 1. The van der Waals surface area contributed by atoms with E-state index in [9.17, 15) is 0 Å². The molecule has 0 spiro atoms. The predicted molar refractivity (Wildman–Crippen MR) is 75.4 cm³/mol. The van der Waals surface area contributed by atoms with Crippen LogP contribution in [0.4, 0.5) is 5.69 Å². The molecule has 1 saturated carbocycles. The number of aromatic nitrogens is 1. The first-order chi connectivity index (χ1) is 8.85. The topological polar surface area (TPSA) is 28.2 Å². The molecule has 0 bridgehead atoms. The summed E-state index contributed by atoms with van der Waals surface area (Å²) in [5, 5.41) is 3.53. The fourth-order valence-corrected chi connectivity index (χ4v) is 2.07. The standard InChI is InChI=1S/C15H21N3/c1-3-9-18(10-4-2)15-7-8-16-11-13(15)12-17-14-5-6-14/h1,7-8,11,14,17H,4-6,9-10,12H2,2H3. The maximum absolute atomic E-state index is 5.46. The molecule has 18 heavy (non-hydrogen) atoms. The highest BCUT2D eigenvalue weighted by atomic mass is 15.1. The molecule has 1 fully saturated rings. The molecule has 3 heteroatoms. The average molecular weight is 243 g/mol. The summed E-state index contributed by atoms with van der Waals surface area (Å²) >= 11 is 0. The van der Waals surface area contributed by atoms with Crippen molar-refractivity contribution in [3.8, 4) is 12.3 Å². The van der Waals surface area contributed by atoms with E-state index in [1.165, 1.54) is 24.1 Å². The molecule has 1 aromatic rings. The third kappa shape index (κ3) is 3.48. The van der Waals surface area contributed by atoms with Crippen LogP contribution in [0.1, 0.15) is 31.7 Å². The van der Waals surface area contributed by atoms with Crippen LogP contribution in [-0.2, 0) is 6.54 Å². The van der Waals surface area contributed by atoms with Gasteiger partial charge in [-0.05, 0) is 25.3 Å². The van der Waals surface area contributed by atoms with E-state index in [1.807, 2.05) is 12.4 Å². The summed E-state index contributed by atoms with van der Waals surface area (Å²) in [6, 6.07) is 2.78. The fraction of sp³-hybridized carbons (Fsp3) is 0.533. The zero-order valence-corrected chi connectivity index (χ0v) is 11.0. The van der Waals surface area contributed by atoms with Gasteiger partial charge in [-0.25, -0.2) is 0 Å². The van der Waals surface area contributed by atoms with Crippen molar-refractivity contribution in [1.82, 2.24) is 10.3 Å². The molecule has 2 rings (SSSR count). The van der Waals surface area contributed by atoms with Crippen LogP contribution >= 0.6 is 0 Å². The molecular weight excluding hydrogens is 222 g/mol. The van der Waals surface area contributed by atoms with Crippen LogP contribution in [0.15, 0.2) is 18.5 Å². The third-order valence-corrected chi connectivity index (χ3v) is 3.15. The van der Waals surface area contributed by atoms with Crippen molar-refractivity contribution in [2.45, 2.75) is 38.8 Å². The molecule has 0 atom stereocenters. The van der Waals surface area contributed by atoms with Gasteiger partial charge >= 0.3 is 0 Å². The van der Waals surface area contributed by atoms with E-state index in [0.717, 1.165) is 19.5 Å². The molecule has 1 N–H and O–H groups in total. The predicted octanol–water partition coefficient (Wildman–Crippen LogP) is 2.18. The lowest BCUT2D eigenvalue weighted by Crippen LogP contribution is -2.27. The smallest absolute Gasteiger partial charge is 0.0791 e. The Morgan fingerprint density at radius 1 is 1.56 bits per heavy atom. The van der Waals surface area contributed by atoms with Gasteiger partial charge in [0.1, 0.15) is 0 Å². The second kappa shape index (κ2) is 6.42. The third-order valence-electron chi connectivity index (χ3n) is 3.15. The maximum Gasteiger partial charge on any atom is 0.0791 e. The Kier molecular flexibility index (Phi) is 4.60. The minimum Gasteiger partial charge on any atom is -0.360 e. The monoisotopic (exact) mass is 243 g/mol. The van der Waals surface area contributed by atoms with Gasteiger partial charge in [0, 0.05) is 42.8 Å². The summed E-state index contributed by atoms with van der Waals surface area (Å²) in [5.41, 5.74) is 2.46. The first-order valence-corrected chi connectivity index (χ1v) is 6.69. The van der Waals surface area contributed by atoms with Gasteiger partial charge in [0.05, 0.1) is 6.54 Å². The van der Waals surface area contributed by atoms with Gasteiger partial charge in [0.25, 0.3) is 0 Å². The summed E-state index contributed by atoms with van der Waals surface area (Å²) in [7, 11) is 0. The molecule has 0 saturated heterocycles. The van der Waals surface area contributed by atoms with Crippen molar-refractivity contribution in [1.29, 1.82) is 0 Å². The molecule has 1 aliphatic rings. The van der Waals surface area contributed by atoms with Gasteiger partial charge < -0.3 is 10.2 Å². The Morgan fingerprint density at radius 3 is 3.06 bits per heavy atom. The van der Waals surface area contributed by atoms with Crippen molar-refractivity contribution in [3.63, 3.8) is 0 Å². The molecular formula is C15H21N3. The SMILES string of the molecule is C#CCN(CCC)c1ccncc1CNC1CC1.